The van der Waals surface area contributed by atoms with Crippen molar-refractivity contribution in [3.63, 3.8) is 0 Å². The monoisotopic (exact) mass is 350 g/mol. The Morgan fingerprint density at radius 3 is 2.58 bits per heavy atom. The predicted octanol–water partition coefficient (Wildman–Crippen LogP) is 3.90. The first kappa shape index (κ1) is 17.0. The van der Waals surface area contributed by atoms with E-state index in [0.29, 0.717) is 16.8 Å². The van der Waals surface area contributed by atoms with Crippen molar-refractivity contribution in [2.45, 2.75) is 0 Å². The van der Waals surface area contributed by atoms with Gasteiger partial charge < -0.3 is 5.32 Å². The van der Waals surface area contributed by atoms with Crippen molar-refractivity contribution in [3.8, 4) is 17.3 Å². The summed E-state index contributed by atoms with van der Waals surface area (Å²) in [5, 5.41) is 18.3. The van der Waals surface area contributed by atoms with Gasteiger partial charge in [-0.25, -0.2) is 8.78 Å². The third kappa shape index (κ3) is 3.65. The lowest BCUT2D eigenvalue weighted by Crippen LogP contribution is -2.14. The van der Waals surface area contributed by atoms with Crippen LogP contribution in [0.25, 0.3) is 17.3 Å². The number of amides is 1. The van der Waals surface area contributed by atoms with Crippen molar-refractivity contribution >= 4 is 17.7 Å². The summed E-state index contributed by atoms with van der Waals surface area (Å²) in [7, 11) is 0. The fourth-order valence-corrected chi connectivity index (χ4v) is 2.31. The minimum absolute atomic E-state index is 0.0235. The van der Waals surface area contributed by atoms with Gasteiger partial charge in [-0.1, -0.05) is 12.1 Å². The van der Waals surface area contributed by atoms with Crippen LogP contribution in [0.4, 0.5) is 14.5 Å². The number of hydrogen-bond acceptors (Lipinski definition) is 3. The van der Waals surface area contributed by atoms with Crippen LogP contribution in [0.15, 0.2) is 60.3 Å². The standard InChI is InChI=1S/C19H12F2N4O/c20-15-7-5-12(6-8-15)18-14(11-23-25-18)9-13(10-22)19(26)24-17-4-2-1-3-16(17)21/h1-9,11H,(H,23,25)(H,24,26). The van der Waals surface area contributed by atoms with Crippen molar-refractivity contribution in [1.82, 2.24) is 10.2 Å². The molecule has 0 unspecified atom stereocenters. The normalized spacial score (nSPS) is 11.0. The van der Waals surface area contributed by atoms with Crippen LogP contribution in [0, 0.1) is 23.0 Å². The maximum atomic E-state index is 13.6. The Kier molecular flexibility index (Phi) is 4.85. The van der Waals surface area contributed by atoms with Crippen molar-refractivity contribution in [1.29, 1.82) is 5.26 Å². The minimum atomic E-state index is -0.746. The Balaban J connectivity index is 1.90. The number of hydrogen-bond donors (Lipinski definition) is 2. The number of nitrogens with zero attached hydrogens (tertiary/aromatic N) is 2. The summed E-state index contributed by atoms with van der Waals surface area (Å²) >= 11 is 0. The van der Waals surface area contributed by atoms with Crippen LogP contribution < -0.4 is 5.32 Å². The molecule has 7 heteroatoms. The molecule has 0 bridgehead atoms. The van der Waals surface area contributed by atoms with Crippen LogP contribution >= 0.6 is 0 Å². The second-order valence-corrected chi connectivity index (χ2v) is 5.31. The second kappa shape index (κ2) is 7.40. The maximum Gasteiger partial charge on any atom is 0.266 e. The van der Waals surface area contributed by atoms with E-state index < -0.39 is 11.7 Å². The molecular formula is C19H12F2N4O. The number of anilines is 1. The summed E-state index contributed by atoms with van der Waals surface area (Å²) in [5.41, 5.74) is 1.39. The van der Waals surface area contributed by atoms with Gasteiger partial charge in [-0.15, -0.1) is 0 Å². The van der Waals surface area contributed by atoms with Gasteiger partial charge in [0.1, 0.15) is 23.3 Å². The molecule has 3 aromatic rings. The molecule has 0 aliphatic heterocycles. The third-order valence-electron chi connectivity index (χ3n) is 3.59. The summed E-state index contributed by atoms with van der Waals surface area (Å²) in [6.07, 6.45) is 2.77. The number of aromatic amines is 1. The van der Waals surface area contributed by atoms with Gasteiger partial charge in [-0.05, 0) is 42.5 Å². The number of carbonyl (C=O) groups excluding carboxylic acids is 1. The molecule has 0 fully saturated rings. The van der Waals surface area contributed by atoms with E-state index in [0.717, 1.165) is 0 Å². The maximum absolute atomic E-state index is 13.6. The number of nitrogens with one attached hydrogen (secondary N) is 2. The highest BCUT2D eigenvalue weighted by Gasteiger charge is 2.14. The van der Waals surface area contributed by atoms with E-state index in [-0.39, 0.29) is 17.1 Å². The lowest BCUT2D eigenvalue weighted by molar-refractivity contribution is -0.112. The molecule has 0 saturated carbocycles. The zero-order valence-corrected chi connectivity index (χ0v) is 13.3. The summed E-state index contributed by atoms with van der Waals surface area (Å²) in [5.74, 6) is -1.73. The number of H-pyrrole nitrogens is 1. The van der Waals surface area contributed by atoms with Crippen LogP contribution in [0.3, 0.4) is 0 Å². The third-order valence-corrected chi connectivity index (χ3v) is 3.59. The highest BCUT2D eigenvalue weighted by Crippen LogP contribution is 2.24. The van der Waals surface area contributed by atoms with Crippen LogP contribution in [-0.2, 0) is 4.79 Å². The number of benzene rings is 2. The first-order valence-corrected chi connectivity index (χ1v) is 7.55. The quantitative estimate of drug-likeness (QED) is 0.553. The summed E-state index contributed by atoms with van der Waals surface area (Å²) in [6.45, 7) is 0. The minimum Gasteiger partial charge on any atom is -0.319 e. The van der Waals surface area contributed by atoms with E-state index in [4.69, 9.17) is 0 Å². The highest BCUT2D eigenvalue weighted by atomic mass is 19.1. The number of carbonyl (C=O) groups is 1. The van der Waals surface area contributed by atoms with E-state index in [1.54, 1.807) is 24.3 Å². The van der Waals surface area contributed by atoms with Crippen LogP contribution in [-0.4, -0.2) is 16.1 Å². The van der Waals surface area contributed by atoms with Gasteiger partial charge >= 0.3 is 0 Å². The molecule has 2 N–H and O–H groups in total. The zero-order valence-electron chi connectivity index (χ0n) is 13.3. The Labute approximate surface area is 147 Å². The van der Waals surface area contributed by atoms with E-state index in [2.05, 4.69) is 15.5 Å². The second-order valence-electron chi connectivity index (χ2n) is 5.31. The van der Waals surface area contributed by atoms with Crippen molar-refractivity contribution in [2.75, 3.05) is 5.32 Å². The van der Waals surface area contributed by atoms with E-state index in [1.807, 2.05) is 0 Å². The Morgan fingerprint density at radius 1 is 1.15 bits per heavy atom. The molecule has 128 valence electrons. The van der Waals surface area contributed by atoms with Gasteiger partial charge in [0.15, 0.2) is 0 Å². The predicted molar refractivity (Wildman–Crippen MR) is 92.6 cm³/mol. The van der Waals surface area contributed by atoms with Crippen molar-refractivity contribution in [2.24, 2.45) is 0 Å². The fourth-order valence-electron chi connectivity index (χ4n) is 2.31. The van der Waals surface area contributed by atoms with Gasteiger partial charge in [0.05, 0.1) is 17.6 Å². The molecule has 1 amide bonds. The smallest absolute Gasteiger partial charge is 0.266 e. The van der Waals surface area contributed by atoms with Crippen molar-refractivity contribution in [3.05, 3.63) is 77.5 Å². The molecule has 1 aromatic heterocycles. The molecular weight excluding hydrogens is 338 g/mol. The number of rotatable bonds is 4. The Hall–Kier alpha value is -3.79. The lowest BCUT2D eigenvalue weighted by atomic mass is 10.1. The molecule has 0 saturated heterocycles. The van der Waals surface area contributed by atoms with E-state index in [1.165, 1.54) is 42.6 Å². The number of halogens is 2. The Morgan fingerprint density at radius 2 is 1.88 bits per heavy atom. The fraction of sp³-hybridized carbons (Fsp3) is 0. The molecule has 2 aromatic carbocycles. The largest absolute Gasteiger partial charge is 0.319 e. The van der Waals surface area contributed by atoms with Gasteiger partial charge in [0, 0.05) is 11.1 Å². The first-order chi connectivity index (χ1) is 12.6. The van der Waals surface area contributed by atoms with Crippen LogP contribution in [0.1, 0.15) is 5.56 Å². The van der Waals surface area contributed by atoms with Gasteiger partial charge in [0.25, 0.3) is 5.91 Å². The molecule has 0 aliphatic carbocycles. The SMILES string of the molecule is N#CC(=Cc1cn[nH]c1-c1ccc(F)cc1)C(=O)Nc1ccccc1F. The number of para-hydroxylation sites is 1. The topological polar surface area (TPSA) is 81.6 Å². The lowest BCUT2D eigenvalue weighted by Gasteiger charge is -2.05. The molecule has 26 heavy (non-hydrogen) atoms. The van der Waals surface area contributed by atoms with Crippen LogP contribution in [0.2, 0.25) is 0 Å². The highest BCUT2D eigenvalue weighted by molar-refractivity contribution is 6.10. The molecule has 1 heterocycles. The molecule has 0 radical (unpaired) electrons. The van der Waals surface area contributed by atoms with E-state index in [9.17, 15) is 18.8 Å². The van der Waals surface area contributed by atoms with Crippen molar-refractivity contribution < 1.29 is 13.6 Å². The summed E-state index contributed by atoms with van der Waals surface area (Å²) in [6, 6.07) is 13.1. The van der Waals surface area contributed by atoms with E-state index >= 15 is 0 Å². The van der Waals surface area contributed by atoms with Gasteiger partial charge in [0.2, 0.25) is 0 Å². The van der Waals surface area contributed by atoms with Gasteiger partial charge in [-0.2, -0.15) is 10.4 Å². The molecule has 0 aliphatic rings. The number of aromatic nitrogens is 2. The van der Waals surface area contributed by atoms with Crippen LogP contribution in [0.5, 0.6) is 0 Å². The molecule has 0 spiro atoms. The summed E-state index contributed by atoms with van der Waals surface area (Å²) < 4.78 is 26.7. The molecule has 3 rings (SSSR count). The average molecular weight is 350 g/mol. The average Bonchev–Trinajstić information content (AvgIpc) is 3.10. The summed E-state index contributed by atoms with van der Waals surface area (Å²) in [4.78, 5) is 12.3. The van der Waals surface area contributed by atoms with Gasteiger partial charge in [-0.3, -0.25) is 9.89 Å². The molecule has 0 atom stereocenters. The molecule has 5 nitrogen and oxygen atoms in total. The first-order valence-electron chi connectivity index (χ1n) is 7.55. The number of nitriles is 1. The zero-order chi connectivity index (χ0) is 18.5. The Bertz CT molecular complexity index is 1020.